The average Bonchev–Trinajstić information content (AvgIpc) is 3.10. The van der Waals surface area contributed by atoms with Crippen LogP contribution in [0.15, 0.2) is 6.33 Å². The zero-order valence-electron chi connectivity index (χ0n) is 13.2. The van der Waals surface area contributed by atoms with Gasteiger partial charge in [-0.05, 0) is 12.8 Å². The van der Waals surface area contributed by atoms with Crippen LogP contribution in [0.25, 0.3) is 11.0 Å². The van der Waals surface area contributed by atoms with Crippen molar-refractivity contribution in [2.45, 2.75) is 31.5 Å². The number of hydrogen-bond donors (Lipinski definition) is 5. The summed E-state index contributed by atoms with van der Waals surface area (Å²) in [5.41, 5.74) is 6.54. The Morgan fingerprint density at radius 3 is 2.58 bits per heavy atom. The number of anilines is 1. The molecule has 1 fully saturated rings. The van der Waals surface area contributed by atoms with Crippen LogP contribution in [-0.4, -0.2) is 72.2 Å². The van der Waals surface area contributed by atoms with Crippen molar-refractivity contribution < 1.29 is 25.2 Å². The Balaban J connectivity index is 0.00000100. The smallest absolute Gasteiger partial charge is 0.181 e. The van der Waals surface area contributed by atoms with Crippen LogP contribution in [-0.2, 0) is 4.74 Å². The highest BCUT2D eigenvalue weighted by Gasteiger charge is 2.44. The minimum Gasteiger partial charge on any atom is -0.400 e. The highest BCUT2D eigenvalue weighted by molar-refractivity contribution is 5.90. The second-order valence-electron chi connectivity index (χ2n) is 4.85. The third-order valence-electron chi connectivity index (χ3n) is 3.52. The van der Waals surface area contributed by atoms with E-state index in [1.807, 2.05) is 0 Å². The molecule has 3 heterocycles. The van der Waals surface area contributed by atoms with Crippen LogP contribution < -0.4 is 5.73 Å². The van der Waals surface area contributed by atoms with E-state index in [9.17, 15) is 15.3 Å². The van der Waals surface area contributed by atoms with Gasteiger partial charge in [0.2, 0.25) is 0 Å². The molecule has 10 nitrogen and oxygen atoms in total. The van der Waals surface area contributed by atoms with Crippen molar-refractivity contribution in [3.05, 3.63) is 12.0 Å². The molecule has 0 spiro atoms. The molecule has 0 saturated carbocycles. The summed E-state index contributed by atoms with van der Waals surface area (Å²) in [4.78, 5) is 8.01. The number of aliphatic hydroxyl groups is 4. The van der Waals surface area contributed by atoms with Crippen molar-refractivity contribution in [3.8, 4) is 11.8 Å². The number of nitrogen functional groups attached to an aromatic ring is 1. The van der Waals surface area contributed by atoms with E-state index in [1.54, 1.807) is 6.92 Å². The molecule has 0 bridgehead atoms. The maximum atomic E-state index is 10.1. The van der Waals surface area contributed by atoms with Crippen molar-refractivity contribution in [3.63, 3.8) is 0 Å². The maximum Gasteiger partial charge on any atom is 0.181 e. The molecule has 0 amide bonds. The molecule has 0 aromatic carbocycles. The van der Waals surface area contributed by atoms with Crippen molar-refractivity contribution in [1.82, 2.24) is 19.7 Å². The first-order valence-corrected chi connectivity index (χ1v) is 7.07. The fourth-order valence-corrected chi connectivity index (χ4v) is 2.46. The number of rotatable bonds is 2. The Bertz CT molecular complexity index is 768. The van der Waals surface area contributed by atoms with Crippen LogP contribution >= 0.6 is 0 Å². The molecular formula is C14H19N5O5. The van der Waals surface area contributed by atoms with E-state index in [4.69, 9.17) is 15.6 Å². The number of fused-ring (bicyclic) bond motifs is 1. The molecule has 10 heteroatoms. The molecule has 4 atom stereocenters. The Labute approximate surface area is 137 Å². The third-order valence-corrected chi connectivity index (χ3v) is 3.52. The van der Waals surface area contributed by atoms with Gasteiger partial charge in [-0.25, -0.2) is 14.6 Å². The monoisotopic (exact) mass is 337 g/mol. The molecule has 6 N–H and O–H groups in total. The normalized spacial score (nSPS) is 25.8. The predicted molar refractivity (Wildman–Crippen MR) is 83.4 cm³/mol. The van der Waals surface area contributed by atoms with Crippen LogP contribution in [0.2, 0.25) is 0 Å². The second-order valence-corrected chi connectivity index (χ2v) is 4.85. The molecule has 0 unspecified atom stereocenters. The van der Waals surface area contributed by atoms with E-state index < -0.39 is 31.1 Å². The summed E-state index contributed by atoms with van der Waals surface area (Å²) < 4.78 is 6.76. The van der Waals surface area contributed by atoms with Gasteiger partial charge in [-0.3, -0.25) is 0 Å². The Hall–Kier alpha value is -2.29. The first-order chi connectivity index (χ1) is 11.6. The van der Waals surface area contributed by atoms with E-state index in [-0.39, 0.29) is 5.82 Å². The van der Waals surface area contributed by atoms with E-state index in [1.165, 1.54) is 11.0 Å². The number of nitrogens with zero attached hydrogens (tertiary/aromatic N) is 4. The Morgan fingerprint density at radius 2 is 2.00 bits per heavy atom. The lowest BCUT2D eigenvalue weighted by atomic mass is 10.1. The molecule has 0 aliphatic carbocycles. The Kier molecular flexibility index (Phi) is 5.66. The summed E-state index contributed by atoms with van der Waals surface area (Å²) in [6.07, 6.45) is -3.14. The molecule has 1 aliphatic rings. The zero-order chi connectivity index (χ0) is 17.9. The van der Waals surface area contributed by atoms with Gasteiger partial charge in [0.25, 0.3) is 0 Å². The van der Waals surface area contributed by atoms with E-state index in [0.717, 1.165) is 7.11 Å². The average molecular weight is 337 g/mol. The van der Waals surface area contributed by atoms with Crippen LogP contribution in [0.3, 0.4) is 0 Å². The van der Waals surface area contributed by atoms with Gasteiger partial charge in [0.1, 0.15) is 36.2 Å². The number of hydrogen-bond acceptors (Lipinski definition) is 9. The highest BCUT2D eigenvalue weighted by atomic mass is 16.6. The van der Waals surface area contributed by atoms with Crippen molar-refractivity contribution in [2.75, 3.05) is 19.5 Å². The fraction of sp³-hybridized carbons (Fsp3) is 0.500. The molecule has 1 aliphatic heterocycles. The summed E-state index contributed by atoms with van der Waals surface area (Å²) in [6, 6.07) is 0. The SMILES string of the molecule is CC#Cc1nn([C@@H]2O[C@H](CO)[C@@H](O)[C@H]2O)c2ncnc(N)c12.CO. The van der Waals surface area contributed by atoms with Gasteiger partial charge in [-0.2, -0.15) is 5.10 Å². The minimum atomic E-state index is -1.26. The number of aromatic nitrogens is 4. The summed E-state index contributed by atoms with van der Waals surface area (Å²) in [7, 11) is 1.00. The summed E-state index contributed by atoms with van der Waals surface area (Å²) in [6.45, 7) is 1.23. The van der Waals surface area contributed by atoms with E-state index >= 15 is 0 Å². The number of nitrogens with two attached hydrogens (primary N) is 1. The highest BCUT2D eigenvalue weighted by Crippen LogP contribution is 2.32. The van der Waals surface area contributed by atoms with Gasteiger partial charge in [-0.1, -0.05) is 5.92 Å². The summed E-state index contributed by atoms with van der Waals surface area (Å²) in [5, 5.41) is 40.9. The summed E-state index contributed by atoms with van der Waals surface area (Å²) in [5.74, 6) is 5.72. The largest absolute Gasteiger partial charge is 0.400 e. The van der Waals surface area contributed by atoms with Gasteiger partial charge in [-0.15, -0.1) is 0 Å². The van der Waals surface area contributed by atoms with Gasteiger partial charge in [0.15, 0.2) is 11.9 Å². The predicted octanol–water partition coefficient (Wildman–Crippen LogP) is -2.00. The second kappa shape index (κ2) is 7.52. The van der Waals surface area contributed by atoms with E-state index in [0.29, 0.717) is 16.7 Å². The van der Waals surface area contributed by atoms with Crippen LogP contribution in [0.5, 0.6) is 0 Å². The standard InChI is InChI=1S/C13H15N5O4.CH4O/c1-2-3-6-8-11(14)15-5-16-12(8)18(17-6)13-10(21)9(20)7(4-19)22-13;1-2/h5,7,9-10,13,19-21H,4H2,1H3,(H2,14,15,16);2H,1H3/t7-,9-,10-,13-;/m1./s1. The van der Waals surface area contributed by atoms with Crippen molar-refractivity contribution in [2.24, 2.45) is 0 Å². The quantitative estimate of drug-likeness (QED) is 0.390. The van der Waals surface area contributed by atoms with Gasteiger partial charge < -0.3 is 30.9 Å². The number of ether oxygens (including phenoxy) is 1. The van der Waals surface area contributed by atoms with Crippen molar-refractivity contribution >= 4 is 16.9 Å². The lowest BCUT2D eigenvalue weighted by Gasteiger charge is -2.15. The Morgan fingerprint density at radius 1 is 1.29 bits per heavy atom. The molecule has 3 rings (SSSR count). The van der Waals surface area contributed by atoms with Gasteiger partial charge in [0.05, 0.1) is 12.0 Å². The number of aliphatic hydroxyl groups excluding tert-OH is 4. The molecule has 2 aromatic rings. The topological polar surface area (TPSA) is 160 Å². The van der Waals surface area contributed by atoms with Crippen LogP contribution in [0.1, 0.15) is 18.8 Å². The zero-order valence-corrected chi connectivity index (χ0v) is 13.2. The molecule has 130 valence electrons. The molecule has 24 heavy (non-hydrogen) atoms. The van der Waals surface area contributed by atoms with E-state index in [2.05, 4.69) is 26.9 Å². The maximum absolute atomic E-state index is 10.1. The first kappa shape index (κ1) is 18.1. The lowest BCUT2D eigenvalue weighted by Crippen LogP contribution is -2.33. The first-order valence-electron chi connectivity index (χ1n) is 7.07. The molecule has 0 radical (unpaired) electrons. The van der Waals surface area contributed by atoms with Gasteiger partial charge in [0, 0.05) is 7.11 Å². The molecular weight excluding hydrogens is 318 g/mol. The molecule has 1 saturated heterocycles. The molecule has 2 aromatic heterocycles. The third kappa shape index (κ3) is 2.91. The van der Waals surface area contributed by atoms with Crippen molar-refractivity contribution in [1.29, 1.82) is 0 Å². The minimum absolute atomic E-state index is 0.209. The van der Waals surface area contributed by atoms with Crippen LogP contribution in [0, 0.1) is 11.8 Å². The van der Waals surface area contributed by atoms with Crippen LogP contribution in [0.4, 0.5) is 5.82 Å². The summed E-state index contributed by atoms with van der Waals surface area (Å²) >= 11 is 0. The lowest BCUT2D eigenvalue weighted by molar-refractivity contribution is -0.0567. The fourth-order valence-electron chi connectivity index (χ4n) is 2.46. The van der Waals surface area contributed by atoms with Gasteiger partial charge >= 0.3 is 0 Å².